The van der Waals surface area contributed by atoms with Gasteiger partial charge in [-0.25, -0.2) is 4.39 Å². The molecule has 0 radical (unpaired) electrons. The molecule has 0 atom stereocenters. The van der Waals surface area contributed by atoms with Crippen LogP contribution in [0.25, 0.3) is 0 Å². The molecule has 2 aromatic rings. The third-order valence-electron chi connectivity index (χ3n) is 5.16. The summed E-state index contributed by atoms with van der Waals surface area (Å²) in [6.45, 7) is 1.80. The molecule has 0 unspecified atom stereocenters. The van der Waals surface area contributed by atoms with E-state index >= 15 is 0 Å². The molecule has 1 aliphatic heterocycles. The van der Waals surface area contributed by atoms with Crippen LogP contribution in [0.15, 0.2) is 48.5 Å². The number of hydrogen-bond acceptors (Lipinski definition) is 3. The zero-order valence-corrected chi connectivity index (χ0v) is 15.4. The van der Waals surface area contributed by atoms with Crippen molar-refractivity contribution in [1.82, 2.24) is 4.90 Å². The monoisotopic (exact) mass is 384 g/mol. The molecule has 2 amide bonds. The van der Waals surface area contributed by atoms with E-state index in [0.29, 0.717) is 0 Å². The number of carboxylic acids is 1. The van der Waals surface area contributed by atoms with Crippen molar-refractivity contribution >= 4 is 23.5 Å². The number of amides is 2. The SMILES string of the molecule is CC(=O)Nc1cc(C(=O)N2CCC(C(=O)O)(c3ccccc3)CC2)ccc1F. The van der Waals surface area contributed by atoms with Gasteiger partial charge in [-0.05, 0) is 36.6 Å². The van der Waals surface area contributed by atoms with Gasteiger partial charge in [-0.3, -0.25) is 14.4 Å². The van der Waals surface area contributed by atoms with Crippen molar-refractivity contribution < 1.29 is 23.9 Å². The van der Waals surface area contributed by atoms with Crippen molar-refractivity contribution in [3.63, 3.8) is 0 Å². The van der Waals surface area contributed by atoms with Crippen LogP contribution in [0.5, 0.6) is 0 Å². The smallest absolute Gasteiger partial charge is 0.314 e. The molecular formula is C21H21FN2O4. The molecule has 28 heavy (non-hydrogen) atoms. The van der Waals surface area contributed by atoms with Gasteiger partial charge < -0.3 is 15.3 Å². The summed E-state index contributed by atoms with van der Waals surface area (Å²) in [7, 11) is 0. The zero-order chi connectivity index (χ0) is 20.3. The summed E-state index contributed by atoms with van der Waals surface area (Å²) in [6.07, 6.45) is 0.579. The lowest BCUT2D eigenvalue weighted by atomic mass is 9.73. The molecule has 146 valence electrons. The van der Waals surface area contributed by atoms with Gasteiger partial charge in [-0.2, -0.15) is 0 Å². The Kier molecular flexibility index (Phi) is 5.44. The number of carbonyl (C=O) groups excluding carboxylic acids is 2. The van der Waals surface area contributed by atoms with Gasteiger partial charge in [0.15, 0.2) is 0 Å². The second-order valence-electron chi connectivity index (χ2n) is 6.92. The van der Waals surface area contributed by atoms with Gasteiger partial charge in [-0.1, -0.05) is 30.3 Å². The highest BCUT2D eigenvalue weighted by Gasteiger charge is 2.43. The van der Waals surface area contributed by atoms with Crippen molar-refractivity contribution in [2.45, 2.75) is 25.2 Å². The van der Waals surface area contributed by atoms with Crippen LogP contribution in [0.2, 0.25) is 0 Å². The summed E-state index contributed by atoms with van der Waals surface area (Å²) in [4.78, 5) is 37.6. The van der Waals surface area contributed by atoms with Gasteiger partial charge in [0.1, 0.15) is 5.82 Å². The third kappa shape index (κ3) is 3.74. The minimum atomic E-state index is -1.03. The van der Waals surface area contributed by atoms with Crippen LogP contribution in [-0.4, -0.2) is 40.9 Å². The van der Waals surface area contributed by atoms with E-state index in [9.17, 15) is 23.9 Å². The lowest BCUT2D eigenvalue weighted by molar-refractivity contribution is -0.145. The number of likely N-dealkylation sites (tertiary alicyclic amines) is 1. The van der Waals surface area contributed by atoms with Crippen molar-refractivity contribution in [1.29, 1.82) is 0 Å². The summed E-state index contributed by atoms with van der Waals surface area (Å²) in [6, 6.07) is 12.8. The topological polar surface area (TPSA) is 86.7 Å². The molecule has 1 heterocycles. The first-order valence-corrected chi connectivity index (χ1v) is 8.99. The molecule has 0 spiro atoms. The fourth-order valence-corrected chi connectivity index (χ4v) is 3.60. The number of rotatable bonds is 4. The number of nitrogens with one attached hydrogen (secondary N) is 1. The normalized spacial score (nSPS) is 15.7. The Morgan fingerprint density at radius 1 is 1.07 bits per heavy atom. The zero-order valence-electron chi connectivity index (χ0n) is 15.4. The fraction of sp³-hybridized carbons (Fsp3) is 0.286. The first-order valence-electron chi connectivity index (χ1n) is 8.99. The predicted molar refractivity (Wildman–Crippen MR) is 102 cm³/mol. The molecular weight excluding hydrogens is 363 g/mol. The summed E-state index contributed by atoms with van der Waals surface area (Å²) < 4.78 is 13.8. The summed E-state index contributed by atoms with van der Waals surface area (Å²) in [5.74, 6) is -2.28. The molecule has 2 N–H and O–H groups in total. The molecule has 0 bridgehead atoms. The van der Waals surface area contributed by atoms with E-state index in [1.807, 2.05) is 6.07 Å². The number of carboxylic acid groups (broad SMARTS) is 1. The highest BCUT2D eigenvalue weighted by Crippen LogP contribution is 2.36. The number of carbonyl (C=O) groups is 3. The van der Waals surface area contributed by atoms with Crippen molar-refractivity contribution in [2.75, 3.05) is 18.4 Å². The molecule has 0 aliphatic carbocycles. The molecule has 7 heteroatoms. The number of anilines is 1. The largest absolute Gasteiger partial charge is 0.481 e. The summed E-state index contributed by atoms with van der Waals surface area (Å²) in [5.41, 5.74) is -0.112. The molecule has 6 nitrogen and oxygen atoms in total. The third-order valence-corrected chi connectivity index (χ3v) is 5.16. The van der Waals surface area contributed by atoms with Crippen LogP contribution in [0.3, 0.4) is 0 Å². The Morgan fingerprint density at radius 3 is 2.29 bits per heavy atom. The first-order chi connectivity index (χ1) is 13.3. The Balaban J connectivity index is 1.78. The Labute approximate surface area is 162 Å². The van der Waals surface area contributed by atoms with Crippen LogP contribution in [0.1, 0.15) is 35.7 Å². The van der Waals surface area contributed by atoms with Gasteiger partial charge in [0, 0.05) is 25.6 Å². The van der Waals surface area contributed by atoms with Crippen LogP contribution in [-0.2, 0) is 15.0 Å². The van der Waals surface area contributed by atoms with E-state index < -0.39 is 23.1 Å². The van der Waals surface area contributed by atoms with Crippen LogP contribution >= 0.6 is 0 Å². The minimum Gasteiger partial charge on any atom is -0.481 e. The first kappa shape index (κ1) is 19.5. The number of hydrogen-bond donors (Lipinski definition) is 2. The Morgan fingerprint density at radius 2 is 1.71 bits per heavy atom. The van der Waals surface area contributed by atoms with E-state index in [0.717, 1.165) is 11.6 Å². The molecule has 1 fully saturated rings. The van der Waals surface area contributed by atoms with Crippen molar-refractivity contribution in [3.8, 4) is 0 Å². The minimum absolute atomic E-state index is 0.0560. The van der Waals surface area contributed by atoms with E-state index in [4.69, 9.17) is 0 Å². The highest BCUT2D eigenvalue weighted by molar-refractivity contribution is 5.97. The van der Waals surface area contributed by atoms with Crippen molar-refractivity contribution in [2.24, 2.45) is 0 Å². The quantitative estimate of drug-likeness (QED) is 0.848. The van der Waals surface area contributed by atoms with Crippen LogP contribution in [0, 0.1) is 5.82 Å². The number of halogens is 1. The Hall–Kier alpha value is -3.22. The lowest BCUT2D eigenvalue weighted by Crippen LogP contribution is -2.49. The molecule has 1 aliphatic rings. The standard InChI is InChI=1S/C21H21FN2O4/c1-14(25)23-18-13-15(7-8-17(18)22)19(26)24-11-9-21(10-12-24,20(27)28)16-5-3-2-4-6-16/h2-8,13H,9-12H2,1H3,(H,23,25)(H,27,28). The van der Waals surface area contributed by atoms with E-state index in [2.05, 4.69) is 5.32 Å². The van der Waals surface area contributed by atoms with Gasteiger partial charge in [0.2, 0.25) is 5.91 Å². The van der Waals surface area contributed by atoms with Crippen molar-refractivity contribution in [3.05, 3.63) is 65.5 Å². The molecule has 0 aromatic heterocycles. The number of benzene rings is 2. The van der Waals surface area contributed by atoms with E-state index in [1.54, 1.807) is 29.2 Å². The van der Waals surface area contributed by atoms with E-state index in [1.165, 1.54) is 19.1 Å². The second kappa shape index (κ2) is 7.80. The van der Waals surface area contributed by atoms with Gasteiger partial charge >= 0.3 is 5.97 Å². The summed E-state index contributed by atoms with van der Waals surface area (Å²) in [5, 5.41) is 12.2. The van der Waals surface area contributed by atoms with Gasteiger partial charge in [0.25, 0.3) is 5.91 Å². The maximum absolute atomic E-state index is 13.8. The average molecular weight is 384 g/mol. The maximum atomic E-state index is 13.8. The molecule has 3 rings (SSSR count). The number of piperidine rings is 1. The lowest BCUT2D eigenvalue weighted by Gasteiger charge is -2.39. The van der Waals surface area contributed by atoms with E-state index in [-0.39, 0.29) is 43.1 Å². The second-order valence-corrected chi connectivity index (χ2v) is 6.92. The number of aliphatic carboxylic acids is 1. The van der Waals surface area contributed by atoms with Crippen LogP contribution < -0.4 is 5.32 Å². The highest BCUT2D eigenvalue weighted by atomic mass is 19.1. The molecule has 2 aromatic carbocycles. The Bertz CT molecular complexity index is 906. The van der Waals surface area contributed by atoms with Gasteiger partial charge in [0.05, 0.1) is 11.1 Å². The fourth-order valence-electron chi connectivity index (χ4n) is 3.60. The number of nitrogens with zero attached hydrogens (tertiary/aromatic N) is 1. The molecule has 0 saturated carbocycles. The molecule has 1 saturated heterocycles. The maximum Gasteiger partial charge on any atom is 0.314 e. The van der Waals surface area contributed by atoms with Crippen LogP contribution in [0.4, 0.5) is 10.1 Å². The average Bonchev–Trinajstić information content (AvgIpc) is 2.69. The van der Waals surface area contributed by atoms with Gasteiger partial charge in [-0.15, -0.1) is 0 Å². The summed E-state index contributed by atoms with van der Waals surface area (Å²) >= 11 is 0. The predicted octanol–water partition coefficient (Wildman–Crippen LogP) is 3.04.